The first-order valence-electron chi connectivity index (χ1n) is 9.83. The Balaban J connectivity index is 0.000000360. The molecule has 6 nitrogen and oxygen atoms in total. The van der Waals surface area contributed by atoms with Gasteiger partial charge in [0.15, 0.2) is 5.78 Å². The van der Waals surface area contributed by atoms with Crippen LogP contribution in [0.15, 0.2) is 41.8 Å². The van der Waals surface area contributed by atoms with Crippen LogP contribution in [-0.2, 0) is 30.7 Å². The fourth-order valence-electron chi connectivity index (χ4n) is 3.38. The molecule has 4 rings (SSSR count). The molecule has 2 aromatic heterocycles. The van der Waals surface area contributed by atoms with Gasteiger partial charge in [-0.05, 0) is 29.5 Å². The van der Waals surface area contributed by atoms with Gasteiger partial charge in [0.1, 0.15) is 0 Å². The van der Waals surface area contributed by atoms with Gasteiger partial charge < -0.3 is 5.11 Å². The molecule has 0 atom stereocenters. The van der Waals surface area contributed by atoms with E-state index in [2.05, 4.69) is 44.7 Å². The number of nitrogens with one attached hydrogen (secondary N) is 1. The minimum Gasteiger partial charge on any atom is -0.475 e. The van der Waals surface area contributed by atoms with Crippen LogP contribution in [0.5, 0.6) is 0 Å². The molecule has 0 saturated carbocycles. The van der Waals surface area contributed by atoms with Crippen LogP contribution < -0.4 is 0 Å². The van der Waals surface area contributed by atoms with E-state index < -0.39 is 12.1 Å². The zero-order valence-electron chi connectivity index (χ0n) is 17.3. The van der Waals surface area contributed by atoms with E-state index in [0.29, 0.717) is 0 Å². The number of rotatable bonds is 5. The average molecular weight is 465 g/mol. The number of thiophene rings is 1. The van der Waals surface area contributed by atoms with Gasteiger partial charge >= 0.3 is 12.1 Å². The van der Waals surface area contributed by atoms with Crippen LogP contribution in [0.2, 0.25) is 0 Å². The second kappa shape index (κ2) is 10.1. The van der Waals surface area contributed by atoms with E-state index in [0.717, 1.165) is 43.0 Å². The molecular weight excluding hydrogens is 443 g/mol. The minimum atomic E-state index is -5.08. The second-order valence-corrected chi connectivity index (χ2v) is 8.34. The van der Waals surface area contributed by atoms with Crippen LogP contribution in [0.4, 0.5) is 13.2 Å². The lowest BCUT2D eigenvalue weighted by atomic mass is 10.0. The number of carbonyl (C=O) groups excluding carboxylic acids is 1. The molecule has 2 N–H and O–H groups in total. The Hall–Kier alpha value is -2.98. The number of Topliss-reactive ketones (excluding diaryl/α,β-unsaturated/α-hetero) is 1. The fraction of sp³-hybridized carbons (Fsp3) is 0.318. The summed E-state index contributed by atoms with van der Waals surface area (Å²) in [6, 6.07) is 12.5. The van der Waals surface area contributed by atoms with Crippen LogP contribution in [0.3, 0.4) is 0 Å². The van der Waals surface area contributed by atoms with Crippen LogP contribution in [-0.4, -0.2) is 44.7 Å². The molecule has 3 heterocycles. The summed E-state index contributed by atoms with van der Waals surface area (Å²) in [5, 5.41) is 17.0. The summed E-state index contributed by atoms with van der Waals surface area (Å²) in [7, 11) is 0. The van der Waals surface area contributed by atoms with E-state index in [-0.39, 0.29) is 5.78 Å². The van der Waals surface area contributed by atoms with Crippen molar-refractivity contribution in [2.75, 3.05) is 6.54 Å². The SMILES string of the molecule is CC(=O)c1cc(CN2CCc3[nH]nc(Cc4ccccc4)c3C2)cs1.O=C(O)C(F)(F)F. The summed E-state index contributed by atoms with van der Waals surface area (Å²) in [5.74, 6) is -2.61. The Morgan fingerprint density at radius 3 is 2.50 bits per heavy atom. The maximum Gasteiger partial charge on any atom is 0.490 e. The number of carbonyl (C=O) groups is 2. The summed E-state index contributed by atoms with van der Waals surface area (Å²) < 4.78 is 31.7. The highest BCUT2D eigenvalue weighted by Crippen LogP contribution is 2.25. The van der Waals surface area contributed by atoms with Gasteiger partial charge in [-0.2, -0.15) is 18.3 Å². The Bertz CT molecular complexity index is 1080. The number of H-pyrrole nitrogens is 1. The highest BCUT2D eigenvalue weighted by Gasteiger charge is 2.38. The molecule has 10 heteroatoms. The normalized spacial score (nSPS) is 13.8. The minimum absolute atomic E-state index is 0.150. The first-order chi connectivity index (χ1) is 15.1. The number of carboxylic acids is 1. The standard InChI is InChI=1S/C20H21N3OS.C2HF3O2/c1-14(24)20-10-16(13-25-20)11-23-8-7-18-17(12-23)19(22-21-18)9-15-5-3-2-4-6-15;3-2(4,5)1(6)7/h2-6,10,13H,7-9,11-12H2,1H3,(H,21,22);(H,6,7). The van der Waals surface area contributed by atoms with Gasteiger partial charge in [0.05, 0.1) is 10.6 Å². The van der Waals surface area contributed by atoms with Crippen molar-refractivity contribution < 1.29 is 27.9 Å². The van der Waals surface area contributed by atoms with E-state index >= 15 is 0 Å². The molecule has 0 fully saturated rings. The number of carboxylic acid groups (broad SMARTS) is 1. The third-order valence-electron chi connectivity index (χ3n) is 4.96. The monoisotopic (exact) mass is 465 g/mol. The predicted octanol–water partition coefficient (Wildman–Crippen LogP) is 4.46. The maximum atomic E-state index is 11.5. The van der Waals surface area contributed by atoms with E-state index in [1.54, 1.807) is 18.3 Å². The fourth-order valence-corrected chi connectivity index (χ4v) is 4.19. The van der Waals surface area contributed by atoms with Crippen molar-refractivity contribution in [1.82, 2.24) is 15.1 Å². The number of aromatic amines is 1. The molecule has 0 saturated heterocycles. The number of aromatic nitrogens is 2. The smallest absolute Gasteiger partial charge is 0.475 e. The van der Waals surface area contributed by atoms with Gasteiger partial charge in [-0.15, -0.1) is 11.3 Å². The predicted molar refractivity (Wildman–Crippen MR) is 114 cm³/mol. The molecule has 1 aromatic carbocycles. The van der Waals surface area contributed by atoms with Gasteiger partial charge in [0.25, 0.3) is 0 Å². The third kappa shape index (κ3) is 6.27. The van der Waals surface area contributed by atoms with Crippen LogP contribution in [0.25, 0.3) is 0 Å². The summed E-state index contributed by atoms with van der Waals surface area (Å²) in [6.45, 7) is 4.45. The van der Waals surface area contributed by atoms with E-state index in [1.807, 2.05) is 12.1 Å². The number of hydrogen-bond donors (Lipinski definition) is 2. The number of alkyl halides is 3. The molecule has 3 aromatic rings. The number of hydrogen-bond acceptors (Lipinski definition) is 5. The van der Waals surface area contributed by atoms with Crippen LogP contribution >= 0.6 is 11.3 Å². The number of halogens is 3. The van der Waals surface area contributed by atoms with E-state index in [9.17, 15) is 18.0 Å². The maximum absolute atomic E-state index is 11.5. The van der Waals surface area contributed by atoms with Crippen LogP contribution in [0.1, 0.15) is 44.7 Å². The lowest BCUT2D eigenvalue weighted by Crippen LogP contribution is -2.30. The van der Waals surface area contributed by atoms with Crippen molar-refractivity contribution in [1.29, 1.82) is 0 Å². The number of nitrogens with zero attached hydrogens (tertiary/aromatic N) is 2. The molecule has 0 bridgehead atoms. The molecule has 32 heavy (non-hydrogen) atoms. The lowest BCUT2D eigenvalue weighted by Gasteiger charge is -2.26. The first-order valence-corrected chi connectivity index (χ1v) is 10.7. The number of aliphatic carboxylic acids is 1. The molecular formula is C22H22F3N3O3S. The van der Waals surface area contributed by atoms with Gasteiger partial charge in [0, 0.05) is 43.7 Å². The van der Waals surface area contributed by atoms with Crippen molar-refractivity contribution >= 4 is 23.1 Å². The summed E-state index contributed by atoms with van der Waals surface area (Å²) in [5.41, 5.74) is 6.29. The van der Waals surface area contributed by atoms with Gasteiger partial charge in [-0.25, -0.2) is 4.79 Å². The topological polar surface area (TPSA) is 86.3 Å². The van der Waals surface area contributed by atoms with Gasteiger partial charge in [0.2, 0.25) is 0 Å². The number of benzene rings is 1. The average Bonchev–Trinajstić information content (AvgIpc) is 3.36. The lowest BCUT2D eigenvalue weighted by molar-refractivity contribution is -0.192. The highest BCUT2D eigenvalue weighted by molar-refractivity contribution is 7.12. The van der Waals surface area contributed by atoms with Crippen molar-refractivity contribution in [3.05, 3.63) is 74.7 Å². The first kappa shape index (κ1) is 23.7. The van der Waals surface area contributed by atoms with Crippen molar-refractivity contribution in [2.45, 2.75) is 39.0 Å². The molecule has 0 radical (unpaired) electrons. The third-order valence-corrected chi connectivity index (χ3v) is 6.04. The van der Waals surface area contributed by atoms with Gasteiger partial charge in [-0.3, -0.25) is 14.8 Å². The molecule has 1 aliphatic rings. The quantitative estimate of drug-likeness (QED) is 0.544. The molecule has 0 amide bonds. The zero-order valence-corrected chi connectivity index (χ0v) is 18.1. The Labute approximate surface area is 186 Å². The Morgan fingerprint density at radius 1 is 1.22 bits per heavy atom. The molecule has 0 unspecified atom stereocenters. The van der Waals surface area contributed by atoms with Crippen LogP contribution in [0, 0.1) is 0 Å². The molecule has 1 aliphatic heterocycles. The molecule has 0 spiro atoms. The molecule has 0 aliphatic carbocycles. The number of fused-ring (bicyclic) bond motifs is 1. The van der Waals surface area contributed by atoms with Crippen molar-refractivity contribution in [2.24, 2.45) is 0 Å². The van der Waals surface area contributed by atoms with Crippen molar-refractivity contribution in [3.8, 4) is 0 Å². The van der Waals surface area contributed by atoms with E-state index in [4.69, 9.17) is 9.90 Å². The Morgan fingerprint density at radius 2 is 1.91 bits per heavy atom. The van der Waals surface area contributed by atoms with Gasteiger partial charge in [-0.1, -0.05) is 30.3 Å². The summed E-state index contributed by atoms with van der Waals surface area (Å²) >= 11 is 1.54. The van der Waals surface area contributed by atoms with E-state index in [1.165, 1.54) is 22.4 Å². The molecule has 170 valence electrons. The van der Waals surface area contributed by atoms with Crippen molar-refractivity contribution in [3.63, 3.8) is 0 Å². The number of ketones is 1. The second-order valence-electron chi connectivity index (χ2n) is 7.43. The summed E-state index contributed by atoms with van der Waals surface area (Å²) in [6.07, 6.45) is -3.21. The zero-order chi connectivity index (χ0) is 23.3. The largest absolute Gasteiger partial charge is 0.490 e. The highest BCUT2D eigenvalue weighted by atomic mass is 32.1. The Kier molecular flexibility index (Phi) is 7.47. The summed E-state index contributed by atoms with van der Waals surface area (Å²) in [4.78, 5) is 23.7.